The second kappa shape index (κ2) is 5.32. The molecule has 0 bridgehead atoms. The molecule has 14 heavy (non-hydrogen) atoms. The van der Waals surface area contributed by atoms with Crippen LogP contribution in [0.3, 0.4) is 0 Å². The molecule has 1 rings (SSSR count). The standard InChI is InChI=1S/C10H21N3O/c1-3-4-5-13-7-6-12(2)9(8-11)10(13)14/h9H,3-8,11H2,1-2H3. The molecular weight excluding hydrogens is 178 g/mol. The summed E-state index contributed by atoms with van der Waals surface area (Å²) in [5, 5.41) is 0. The van der Waals surface area contributed by atoms with E-state index >= 15 is 0 Å². The largest absolute Gasteiger partial charge is 0.340 e. The fourth-order valence-corrected chi connectivity index (χ4v) is 1.80. The van der Waals surface area contributed by atoms with Crippen LogP contribution in [-0.2, 0) is 4.79 Å². The van der Waals surface area contributed by atoms with Crippen LogP contribution in [0.15, 0.2) is 0 Å². The van der Waals surface area contributed by atoms with Gasteiger partial charge in [0.25, 0.3) is 0 Å². The van der Waals surface area contributed by atoms with Crippen molar-refractivity contribution in [1.82, 2.24) is 9.80 Å². The summed E-state index contributed by atoms with van der Waals surface area (Å²) in [4.78, 5) is 15.9. The molecule has 2 N–H and O–H groups in total. The van der Waals surface area contributed by atoms with Crippen molar-refractivity contribution in [2.75, 3.05) is 33.2 Å². The van der Waals surface area contributed by atoms with Crippen molar-refractivity contribution in [3.63, 3.8) is 0 Å². The minimum Gasteiger partial charge on any atom is -0.340 e. The first-order chi connectivity index (χ1) is 6.70. The third-order valence-corrected chi connectivity index (χ3v) is 2.86. The van der Waals surface area contributed by atoms with Gasteiger partial charge in [-0.05, 0) is 13.5 Å². The maximum Gasteiger partial charge on any atom is 0.241 e. The summed E-state index contributed by atoms with van der Waals surface area (Å²) < 4.78 is 0. The van der Waals surface area contributed by atoms with E-state index in [1.807, 2.05) is 16.8 Å². The average molecular weight is 199 g/mol. The number of rotatable bonds is 4. The van der Waals surface area contributed by atoms with Crippen LogP contribution in [0.5, 0.6) is 0 Å². The average Bonchev–Trinajstić information content (AvgIpc) is 2.18. The minimum atomic E-state index is -0.0967. The van der Waals surface area contributed by atoms with Crippen molar-refractivity contribution in [2.24, 2.45) is 5.73 Å². The zero-order valence-electron chi connectivity index (χ0n) is 9.20. The highest BCUT2D eigenvalue weighted by Crippen LogP contribution is 2.09. The molecule has 1 aliphatic heterocycles. The van der Waals surface area contributed by atoms with Crippen LogP contribution in [0, 0.1) is 0 Å². The number of hydrogen-bond donors (Lipinski definition) is 1. The smallest absolute Gasteiger partial charge is 0.241 e. The van der Waals surface area contributed by atoms with E-state index in [0.717, 1.165) is 32.5 Å². The van der Waals surface area contributed by atoms with Gasteiger partial charge in [-0.3, -0.25) is 9.69 Å². The Hall–Kier alpha value is -0.610. The van der Waals surface area contributed by atoms with E-state index in [2.05, 4.69) is 6.92 Å². The van der Waals surface area contributed by atoms with Crippen molar-refractivity contribution in [2.45, 2.75) is 25.8 Å². The fraction of sp³-hybridized carbons (Fsp3) is 0.900. The molecule has 1 saturated heterocycles. The number of carbonyl (C=O) groups is 1. The zero-order chi connectivity index (χ0) is 10.6. The van der Waals surface area contributed by atoms with Gasteiger partial charge in [0.15, 0.2) is 0 Å². The molecule has 0 aliphatic carbocycles. The van der Waals surface area contributed by atoms with Crippen molar-refractivity contribution in [3.8, 4) is 0 Å². The second-order valence-electron chi connectivity index (χ2n) is 3.91. The summed E-state index contributed by atoms with van der Waals surface area (Å²) >= 11 is 0. The zero-order valence-corrected chi connectivity index (χ0v) is 9.20. The van der Waals surface area contributed by atoms with Crippen LogP contribution < -0.4 is 5.73 Å². The predicted octanol–water partition coefficient (Wildman–Crippen LogP) is -0.112. The number of nitrogens with zero attached hydrogens (tertiary/aromatic N) is 2. The molecule has 1 unspecified atom stereocenters. The van der Waals surface area contributed by atoms with Gasteiger partial charge in [-0.25, -0.2) is 0 Å². The molecule has 1 aliphatic rings. The summed E-state index contributed by atoms with van der Waals surface area (Å²) in [5.41, 5.74) is 5.59. The molecule has 4 heteroatoms. The number of hydrogen-bond acceptors (Lipinski definition) is 3. The molecule has 0 aromatic rings. The van der Waals surface area contributed by atoms with Gasteiger partial charge in [-0.2, -0.15) is 0 Å². The Kier molecular flexibility index (Phi) is 4.35. The Labute approximate surface area is 86.0 Å². The molecule has 1 fully saturated rings. The summed E-state index contributed by atoms with van der Waals surface area (Å²) in [6, 6.07) is -0.0967. The maximum atomic E-state index is 11.9. The van der Waals surface area contributed by atoms with Gasteiger partial charge in [-0.15, -0.1) is 0 Å². The Bertz CT molecular complexity index is 194. The van der Waals surface area contributed by atoms with E-state index in [-0.39, 0.29) is 11.9 Å². The van der Waals surface area contributed by atoms with E-state index in [4.69, 9.17) is 5.73 Å². The molecule has 0 saturated carbocycles. The van der Waals surface area contributed by atoms with Crippen LogP contribution in [-0.4, -0.2) is 55.0 Å². The van der Waals surface area contributed by atoms with Gasteiger partial charge in [0, 0.05) is 26.2 Å². The molecule has 1 amide bonds. The second-order valence-corrected chi connectivity index (χ2v) is 3.91. The molecule has 0 aromatic carbocycles. The highest BCUT2D eigenvalue weighted by molar-refractivity contribution is 5.82. The number of unbranched alkanes of at least 4 members (excludes halogenated alkanes) is 1. The Morgan fingerprint density at radius 3 is 2.79 bits per heavy atom. The topological polar surface area (TPSA) is 49.6 Å². The molecular formula is C10H21N3O. The lowest BCUT2D eigenvalue weighted by atomic mass is 10.1. The van der Waals surface area contributed by atoms with E-state index < -0.39 is 0 Å². The van der Waals surface area contributed by atoms with Crippen LogP contribution in [0.2, 0.25) is 0 Å². The van der Waals surface area contributed by atoms with Gasteiger partial charge in [0.2, 0.25) is 5.91 Å². The number of likely N-dealkylation sites (N-methyl/N-ethyl adjacent to an activating group) is 1. The monoisotopic (exact) mass is 199 g/mol. The normalized spacial score (nSPS) is 24.4. The highest BCUT2D eigenvalue weighted by Gasteiger charge is 2.30. The molecule has 4 nitrogen and oxygen atoms in total. The summed E-state index contributed by atoms with van der Waals surface area (Å²) in [5.74, 6) is 0.203. The van der Waals surface area contributed by atoms with Crippen molar-refractivity contribution in [1.29, 1.82) is 0 Å². The Morgan fingerprint density at radius 2 is 2.21 bits per heavy atom. The van der Waals surface area contributed by atoms with E-state index in [1.54, 1.807) is 0 Å². The molecule has 0 radical (unpaired) electrons. The first-order valence-corrected chi connectivity index (χ1v) is 5.39. The number of piperazine rings is 1. The van der Waals surface area contributed by atoms with E-state index in [1.165, 1.54) is 0 Å². The van der Waals surface area contributed by atoms with Crippen molar-refractivity contribution >= 4 is 5.91 Å². The SMILES string of the molecule is CCCCN1CCN(C)C(CN)C1=O. The number of nitrogens with two attached hydrogens (primary N) is 1. The van der Waals surface area contributed by atoms with Crippen molar-refractivity contribution in [3.05, 3.63) is 0 Å². The fourth-order valence-electron chi connectivity index (χ4n) is 1.80. The van der Waals surface area contributed by atoms with Crippen LogP contribution in [0.25, 0.3) is 0 Å². The van der Waals surface area contributed by atoms with Crippen LogP contribution in [0.1, 0.15) is 19.8 Å². The molecule has 0 spiro atoms. The third-order valence-electron chi connectivity index (χ3n) is 2.86. The number of carbonyl (C=O) groups excluding carboxylic acids is 1. The van der Waals surface area contributed by atoms with Crippen LogP contribution >= 0.6 is 0 Å². The van der Waals surface area contributed by atoms with E-state index in [0.29, 0.717) is 6.54 Å². The first-order valence-electron chi connectivity index (χ1n) is 5.39. The Morgan fingerprint density at radius 1 is 1.50 bits per heavy atom. The minimum absolute atomic E-state index is 0.0967. The van der Waals surface area contributed by atoms with Crippen molar-refractivity contribution < 1.29 is 4.79 Å². The van der Waals surface area contributed by atoms with Gasteiger partial charge in [-0.1, -0.05) is 13.3 Å². The van der Waals surface area contributed by atoms with Gasteiger partial charge >= 0.3 is 0 Å². The van der Waals surface area contributed by atoms with Crippen LogP contribution in [0.4, 0.5) is 0 Å². The summed E-state index contributed by atoms with van der Waals surface area (Å²) in [6.45, 7) is 5.25. The van der Waals surface area contributed by atoms with E-state index in [9.17, 15) is 4.79 Å². The van der Waals surface area contributed by atoms with Gasteiger partial charge in [0.1, 0.15) is 6.04 Å². The lowest BCUT2D eigenvalue weighted by Gasteiger charge is -2.38. The lowest BCUT2D eigenvalue weighted by molar-refractivity contribution is -0.140. The summed E-state index contributed by atoms with van der Waals surface area (Å²) in [7, 11) is 1.96. The number of amides is 1. The quantitative estimate of drug-likeness (QED) is 0.687. The predicted molar refractivity (Wildman–Crippen MR) is 57.0 cm³/mol. The highest BCUT2D eigenvalue weighted by atomic mass is 16.2. The molecule has 0 aromatic heterocycles. The first kappa shape index (κ1) is 11.5. The lowest BCUT2D eigenvalue weighted by Crippen LogP contribution is -2.58. The summed E-state index contributed by atoms with van der Waals surface area (Å²) in [6.07, 6.45) is 2.22. The Balaban J connectivity index is 2.50. The molecule has 1 atom stereocenters. The molecule has 82 valence electrons. The third kappa shape index (κ3) is 2.45. The molecule has 1 heterocycles. The van der Waals surface area contributed by atoms with Gasteiger partial charge in [0.05, 0.1) is 0 Å². The van der Waals surface area contributed by atoms with Gasteiger partial charge < -0.3 is 10.6 Å². The maximum absolute atomic E-state index is 11.9.